The third-order valence-corrected chi connectivity index (χ3v) is 2.64. The van der Waals surface area contributed by atoms with Crippen LogP contribution in [0.25, 0.3) is 0 Å². The van der Waals surface area contributed by atoms with E-state index in [0.717, 1.165) is 5.56 Å². The van der Waals surface area contributed by atoms with Gasteiger partial charge in [0.25, 0.3) is 0 Å². The van der Waals surface area contributed by atoms with Gasteiger partial charge in [-0.25, -0.2) is 4.98 Å². The Morgan fingerprint density at radius 1 is 1.69 bits per heavy atom. The number of β-amino-alcohol motifs (C(OH)–C–C–N with tert-alkyl or cyclic N) is 1. The number of hydrogen-bond acceptors (Lipinski definition) is 5. The van der Waals surface area contributed by atoms with E-state index in [1.807, 2.05) is 0 Å². The summed E-state index contributed by atoms with van der Waals surface area (Å²) in [4.78, 5) is 16.3. The molecule has 1 fully saturated rings. The van der Waals surface area contributed by atoms with Crippen molar-refractivity contribution in [3.63, 3.8) is 0 Å². The predicted molar refractivity (Wildman–Crippen MR) is 58.5 cm³/mol. The van der Waals surface area contributed by atoms with Crippen LogP contribution in [0.2, 0.25) is 0 Å². The van der Waals surface area contributed by atoms with E-state index < -0.39 is 11.0 Å². The van der Waals surface area contributed by atoms with E-state index in [-0.39, 0.29) is 5.69 Å². The number of nitrogens with zero attached hydrogens (tertiary/aromatic N) is 3. The summed E-state index contributed by atoms with van der Waals surface area (Å²) in [5, 5.41) is 20.3. The molecular formula is C10H13N3O3. The first-order valence-corrected chi connectivity index (χ1v) is 5.12. The molecule has 0 spiro atoms. The molecule has 0 aromatic carbocycles. The molecule has 6 heteroatoms. The van der Waals surface area contributed by atoms with E-state index in [1.54, 1.807) is 18.0 Å². The quantitative estimate of drug-likeness (QED) is 0.594. The van der Waals surface area contributed by atoms with Crippen molar-refractivity contribution in [1.82, 2.24) is 4.98 Å². The van der Waals surface area contributed by atoms with Gasteiger partial charge in [-0.15, -0.1) is 0 Å². The van der Waals surface area contributed by atoms with Gasteiger partial charge in [0.05, 0.1) is 11.0 Å². The number of aliphatic hydroxyl groups excluding tert-OH is 1. The van der Waals surface area contributed by atoms with Crippen LogP contribution in [-0.2, 0) is 0 Å². The second kappa shape index (κ2) is 4.05. The third kappa shape index (κ3) is 1.96. The van der Waals surface area contributed by atoms with Gasteiger partial charge in [0.15, 0.2) is 0 Å². The van der Waals surface area contributed by atoms with E-state index in [1.165, 1.54) is 6.07 Å². The fourth-order valence-electron chi connectivity index (χ4n) is 1.86. The highest BCUT2D eigenvalue weighted by Crippen LogP contribution is 2.28. The van der Waals surface area contributed by atoms with E-state index >= 15 is 0 Å². The number of rotatable bonds is 2. The van der Waals surface area contributed by atoms with Gasteiger partial charge in [0, 0.05) is 25.4 Å². The molecular weight excluding hydrogens is 210 g/mol. The Morgan fingerprint density at radius 3 is 3.00 bits per heavy atom. The van der Waals surface area contributed by atoms with Gasteiger partial charge in [-0.1, -0.05) is 0 Å². The maximum absolute atomic E-state index is 10.9. The zero-order valence-electron chi connectivity index (χ0n) is 8.96. The Kier molecular flexibility index (Phi) is 2.74. The zero-order chi connectivity index (χ0) is 11.7. The SMILES string of the molecule is Cc1cnc(N2CC[C@H](O)C2)c([N+](=O)[O-])c1. The largest absolute Gasteiger partial charge is 0.391 e. The highest BCUT2D eigenvalue weighted by Gasteiger charge is 2.27. The van der Waals surface area contributed by atoms with Gasteiger partial charge >= 0.3 is 5.69 Å². The summed E-state index contributed by atoms with van der Waals surface area (Å²) in [5.41, 5.74) is 0.768. The van der Waals surface area contributed by atoms with Crippen LogP contribution in [0.5, 0.6) is 0 Å². The molecule has 6 nitrogen and oxygen atoms in total. The molecule has 1 atom stereocenters. The monoisotopic (exact) mass is 223 g/mol. The molecule has 1 aromatic heterocycles. The summed E-state index contributed by atoms with van der Waals surface area (Å²) in [7, 11) is 0. The molecule has 1 aliphatic rings. The fraction of sp³-hybridized carbons (Fsp3) is 0.500. The molecule has 16 heavy (non-hydrogen) atoms. The van der Waals surface area contributed by atoms with E-state index in [9.17, 15) is 15.2 Å². The standard InChI is InChI=1S/C10H13N3O3/c1-7-4-9(13(15)16)10(11-5-7)12-3-2-8(14)6-12/h4-5,8,14H,2-3,6H2,1H3/t8-/m0/s1. The number of pyridine rings is 1. The summed E-state index contributed by atoms with van der Waals surface area (Å²) in [6.45, 7) is 2.79. The number of aromatic nitrogens is 1. The molecule has 0 amide bonds. The summed E-state index contributed by atoms with van der Waals surface area (Å²) < 4.78 is 0. The van der Waals surface area contributed by atoms with Gasteiger partial charge in [-0.05, 0) is 18.9 Å². The number of nitro groups is 1. The number of anilines is 1. The van der Waals surface area contributed by atoms with Crippen LogP contribution in [0.4, 0.5) is 11.5 Å². The highest BCUT2D eigenvalue weighted by molar-refractivity contribution is 5.59. The predicted octanol–water partition coefficient (Wildman–Crippen LogP) is 0.869. The Labute approximate surface area is 92.7 Å². The second-order valence-corrected chi connectivity index (χ2v) is 4.00. The molecule has 1 aromatic rings. The molecule has 0 saturated carbocycles. The van der Waals surface area contributed by atoms with Crippen molar-refractivity contribution in [2.24, 2.45) is 0 Å². The van der Waals surface area contributed by atoms with Crippen LogP contribution >= 0.6 is 0 Å². The molecule has 0 radical (unpaired) electrons. The van der Waals surface area contributed by atoms with Crippen LogP contribution in [0.1, 0.15) is 12.0 Å². The molecule has 2 heterocycles. The lowest BCUT2D eigenvalue weighted by molar-refractivity contribution is -0.384. The van der Waals surface area contributed by atoms with Gasteiger partial charge in [-0.3, -0.25) is 10.1 Å². The van der Waals surface area contributed by atoms with Gasteiger partial charge in [0.1, 0.15) is 0 Å². The molecule has 0 aliphatic carbocycles. The van der Waals surface area contributed by atoms with Crippen molar-refractivity contribution < 1.29 is 10.0 Å². The van der Waals surface area contributed by atoms with E-state index in [0.29, 0.717) is 25.3 Å². The van der Waals surface area contributed by atoms with Crippen LogP contribution < -0.4 is 4.90 Å². The lowest BCUT2D eigenvalue weighted by Gasteiger charge is -2.16. The van der Waals surface area contributed by atoms with E-state index in [4.69, 9.17) is 0 Å². The van der Waals surface area contributed by atoms with Gasteiger partial charge in [0.2, 0.25) is 5.82 Å². The zero-order valence-corrected chi connectivity index (χ0v) is 8.96. The topological polar surface area (TPSA) is 79.5 Å². The average molecular weight is 223 g/mol. The minimum atomic E-state index is -0.431. The lowest BCUT2D eigenvalue weighted by atomic mass is 10.3. The summed E-state index contributed by atoms with van der Waals surface area (Å²) >= 11 is 0. The van der Waals surface area contributed by atoms with Crippen molar-refractivity contribution >= 4 is 11.5 Å². The molecule has 0 bridgehead atoms. The Balaban J connectivity index is 2.36. The van der Waals surface area contributed by atoms with Crippen molar-refractivity contribution in [2.75, 3.05) is 18.0 Å². The molecule has 1 saturated heterocycles. The summed E-state index contributed by atoms with van der Waals surface area (Å²) in [5.74, 6) is 0.354. The van der Waals surface area contributed by atoms with Crippen molar-refractivity contribution in [3.8, 4) is 0 Å². The smallest absolute Gasteiger partial charge is 0.311 e. The van der Waals surface area contributed by atoms with Crippen molar-refractivity contribution in [1.29, 1.82) is 0 Å². The Hall–Kier alpha value is -1.69. The number of aliphatic hydroxyl groups is 1. The van der Waals surface area contributed by atoms with Crippen LogP contribution in [0.3, 0.4) is 0 Å². The van der Waals surface area contributed by atoms with Gasteiger partial charge in [-0.2, -0.15) is 0 Å². The Morgan fingerprint density at radius 2 is 2.44 bits per heavy atom. The summed E-state index contributed by atoms with van der Waals surface area (Å²) in [6, 6.07) is 1.51. The molecule has 1 N–H and O–H groups in total. The van der Waals surface area contributed by atoms with Crippen molar-refractivity contribution in [2.45, 2.75) is 19.4 Å². The average Bonchev–Trinajstić information content (AvgIpc) is 2.64. The molecule has 0 unspecified atom stereocenters. The maximum Gasteiger partial charge on any atom is 0.311 e. The fourth-order valence-corrected chi connectivity index (χ4v) is 1.86. The van der Waals surface area contributed by atoms with Gasteiger partial charge < -0.3 is 10.0 Å². The second-order valence-electron chi connectivity index (χ2n) is 4.00. The first-order chi connectivity index (χ1) is 7.58. The summed E-state index contributed by atoms with van der Waals surface area (Å²) in [6.07, 6.45) is 1.82. The first kappa shape index (κ1) is 10.8. The normalized spacial score (nSPS) is 20.1. The number of hydrogen-bond donors (Lipinski definition) is 1. The Bertz CT molecular complexity index is 422. The van der Waals surface area contributed by atoms with Crippen LogP contribution in [0, 0.1) is 17.0 Å². The minimum absolute atomic E-state index is 0.00843. The third-order valence-electron chi connectivity index (χ3n) is 2.64. The molecule has 86 valence electrons. The maximum atomic E-state index is 10.9. The van der Waals surface area contributed by atoms with Crippen LogP contribution in [-0.4, -0.2) is 34.2 Å². The highest BCUT2D eigenvalue weighted by atomic mass is 16.6. The molecule has 2 rings (SSSR count). The first-order valence-electron chi connectivity index (χ1n) is 5.12. The van der Waals surface area contributed by atoms with Crippen molar-refractivity contribution in [3.05, 3.63) is 27.9 Å². The molecule has 1 aliphatic heterocycles. The number of aryl methyl sites for hydroxylation is 1. The van der Waals surface area contributed by atoms with E-state index in [2.05, 4.69) is 4.98 Å². The lowest BCUT2D eigenvalue weighted by Crippen LogP contribution is -2.23. The van der Waals surface area contributed by atoms with Crippen LogP contribution in [0.15, 0.2) is 12.3 Å². The minimum Gasteiger partial charge on any atom is -0.391 e.